The summed E-state index contributed by atoms with van der Waals surface area (Å²) < 4.78 is 0. The van der Waals surface area contributed by atoms with Crippen molar-refractivity contribution < 1.29 is 4.79 Å². The van der Waals surface area contributed by atoms with Gasteiger partial charge in [0, 0.05) is 6.20 Å². The van der Waals surface area contributed by atoms with Gasteiger partial charge in [-0.3, -0.25) is 4.79 Å². The Morgan fingerprint density at radius 3 is 3.06 bits per heavy atom. The molecule has 0 aromatic carbocycles. The van der Waals surface area contributed by atoms with Gasteiger partial charge in [0.15, 0.2) is 5.82 Å². The molecule has 0 saturated heterocycles. The molecule has 0 atom stereocenters. The first-order chi connectivity index (χ1) is 7.75. The Labute approximate surface area is 99.4 Å². The number of rotatable bonds is 5. The van der Waals surface area contributed by atoms with Crippen LogP contribution in [0.4, 0.5) is 5.82 Å². The average Bonchev–Trinajstić information content (AvgIpc) is 3.05. The third kappa shape index (κ3) is 3.47. The second-order valence-corrected chi connectivity index (χ2v) is 4.36. The van der Waals surface area contributed by atoms with Gasteiger partial charge in [-0.2, -0.15) is 0 Å². The minimum atomic E-state index is -0.110. The van der Waals surface area contributed by atoms with Crippen molar-refractivity contribution in [3.63, 3.8) is 0 Å². The lowest BCUT2D eigenvalue weighted by atomic mass is 10.4. The lowest BCUT2D eigenvalue weighted by molar-refractivity contribution is -0.115. The number of carbonyl (C=O) groups is 1. The molecular formula is C11H14ClN3O. The van der Waals surface area contributed by atoms with Crippen molar-refractivity contribution in [2.45, 2.75) is 12.8 Å². The van der Waals surface area contributed by atoms with Gasteiger partial charge in [-0.25, -0.2) is 4.98 Å². The van der Waals surface area contributed by atoms with Crippen molar-refractivity contribution in [3.8, 4) is 0 Å². The molecule has 1 aliphatic carbocycles. The lowest BCUT2D eigenvalue weighted by Gasteiger charge is -2.06. The van der Waals surface area contributed by atoms with Crippen LogP contribution in [0.15, 0.2) is 18.3 Å². The van der Waals surface area contributed by atoms with E-state index in [9.17, 15) is 4.79 Å². The van der Waals surface area contributed by atoms with E-state index in [4.69, 9.17) is 11.6 Å². The van der Waals surface area contributed by atoms with E-state index in [0.29, 0.717) is 17.4 Å². The maximum Gasteiger partial charge on any atom is 0.239 e. The predicted octanol–water partition coefficient (Wildman–Crippen LogP) is 1.67. The van der Waals surface area contributed by atoms with Gasteiger partial charge in [0.2, 0.25) is 5.91 Å². The van der Waals surface area contributed by atoms with Crippen LogP contribution in [0.3, 0.4) is 0 Å². The van der Waals surface area contributed by atoms with Crippen LogP contribution in [0.2, 0.25) is 5.02 Å². The fourth-order valence-corrected chi connectivity index (χ4v) is 1.53. The van der Waals surface area contributed by atoms with Crippen molar-refractivity contribution in [2.24, 2.45) is 5.92 Å². The van der Waals surface area contributed by atoms with E-state index in [2.05, 4.69) is 15.6 Å². The molecule has 2 N–H and O–H groups in total. The van der Waals surface area contributed by atoms with Crippen LogP contribution in [-0.4, -0.2) is 24.0 Å². The Hall–Kier alpha value is -1.13. The predicted molar refractivity (Wildman–Crippen MR) is 63.5 cm³/mol. The number of hydrogen-bond acceptors (Lipinski definition) is 3. The van der Waals surface area contributed by atoms with Gasteiger partial charge in [-0.1, -0.05) is 11.6 Å². The molecule has 1 aromatic rings. The van der Waals surface area contributed by atoms with E-state index in [1.165, 1.54) is 12.8 Å². The number of nitrogens with zero attached hydrogens (tertiary/aromatic N) is 1. The van der Waals surface area contributed by atoms with Gasteiger partial charge in [-0.05, 0) is 37.4 Å². The molecule has 0 radical (unpaired) electrons. The van der Waals surface area contributed by atoms with Crippen molar-refractivity contribution in [1.29, 1.82) is 0 Å². The van der Waals surface area contributed by atoms with Crippen LogP contribution in [0.1, 0.15) is 12.8 Å². The monoisotopic (exact) mass is 239 g/mol. The Bertz CT molecular complexity index is 379. The molecule has 0 spiro atoms. The van der Waals surface area contributed by atoms with Gasteiger partial charge in [0.05, 0.1) is 11.6 Å². The molecule has 2 rings (SSSR count). The van der Waals surface area contributed by atoms with Crippen LogP contribution in [-0.2, 0) is 4.79 Å². The first-order valence-electron chi connectivity index (χ1n) is 5.37. The third-order valence-corrected chi connectivity index (χ3v) is 2.74. The van der Waals surface area contributed by atoms with E-state index in [-0.39, 0.29) is 5.91 Å². The highest BCUT2D eigenvalue weighted by molar-refractivity contribution is 6.33. The van der Waals surface area contributed by atoms with E-state index < -0.39 is 0 Å². The molecule has 1 aromatic heterocycles. The number of pyridine rings is 1. The maximum absolute atomic E-state index is 11.5. The SMILES string of the molecule is O=C(CNCC1CC1)Nc1ncccc1Cl. The minimum Gasteiger partial charge on any atom is -0.308 e. The Kier molecular flexibility index (Phi) is 3.74. The minimum absolute atomic E-state index is 0.110. The van der Waals surface area contributed by atoms with Crippen LogP contribution in [0.25, 0.3) is 0 Å². The first kappa shape index (κ1) is 11.4. The average molecular weight is 240 g/mol. The fourth-order valence-electron chi connectivity index (χ4n) is 1.37. The van der Waals surface area contributed by atoms with E-state index in [1.807, 2.05) is 0 Å². The van der Waals surface area contributed by atoms with Crippen molar-refractivity contribution in [3.05, 3.63) is 23.4 Å². The molecule has 1 aliphatic rings. The summed E-state index contributed by atoms with van der Waals surface area (Å²) in [5, 5.41) is 6.22. The molecule has 16 heavy (non-hydrogen) atoms. The van der Waals surface area contributed by atoms with Gasteiger partial charge in [0.25, 0.3) is 0 Å². The van der Waals surface area contributed by atoms with Gasteiger partial charge >= 0.3 is 0 Å². The summed E-state index contributed by atoms with van der Waals surface area (Å²) in [4.78, 5) is 15.5. The molecule has 5 heteroatoms. The molecule has 4 nitrogen and oxygen atoms in total. The smallest absolute Gasteiger partial charge is 0.239 e. The van der Waals surface area contributed by atoms with Gasteiger partial charge in [-0.15, -0.1) is 0 Å². The summed E-state index contributed by atoms with van der Waals surface area (Å²) in [5.74, 6) is 1.08. The summed E-state index contributed by atoms with van der Waals surface area (Å²) in [6, 6.07) is 3.42. The van der Waals surface area contributed by atoms with Crippen LogP contribution in [0.5, 0.6) is 0 Å². The summed E-state index contributed by atoms with van der Waals surface area (Å²) in [6.07, 6.45) is 4.15. The fraction of sp³-hybridized carbons (Fsp3) is 0.455. The molecule has 0 unspecified atom stereocenters. The zero-order valence-electron chi connectivity index (χ0n) is 8.87. The first-order valence-corrected chi connectivity index (χ1v) is 5.74. The standard InChI is InChI=1S/C11H14ClN3O/c12-9-2-1-5-14-11(9)15-10(16)7-13-6-8-3-4-8/h1-2,5,8,13H,3-4,6-7H2,(H,14,15,16). The molecule has 1 heterocycles. The molecular weight excluding hydrogens is 226 g/mol. The van der Waals surface area contributed by atoms with E-state index >= 15 is 0 Å². The Morgan fingerprint density at radius 1 is 1.56 bits per heavy atom. The molecule has 86 valence electrons. The molecule has 1 amide bonds. The zero-order valence-corrected chi connectivity index (χ0v) is 9.63. The number of nitrogens with one attached hydrogen (secondary N) is 2. The number of anilines is 1. The number of halogens is 1. The van der Waals surface area contributed by atoms with Crippen molar-refractivity contribution in [2.75, 3.05) is 18.4 Å². The van der Waals surface area contributed by atoms with Gasteiger partial charge < -0.3 is 10.6 Å². The second kappa shape index (κ2) is 5.27. The Morgan fingerprint density at radius 2 is 2.38 bits per heavy atom. The van der Waals surface area contributed by atoms with Gasteiger partial charge in [0.1, 0.15) is 0 Å². The van der Waals surface area contributed by atoms with Crippen molar-refractivity contribution >= 4 is 23.3 Å². The molecule has 1 saturated carbocycles. The largest absolute Gasteiger partial charge is 0.308 e. The topological polar surface area (TPSA) is 54.0 Å². The second-order valence-electron chi connectivity index (χ2n) is 3.96. The Balaban J connectivity index is 1.75. The third-order valence-electron chi connectivity index (χ3n) is 2.43. The van der Waals surface area contributed by atoms with Crippen LogP contribution < -0.4 is 10.6 Å². The maximum atomic E-state index is 11.5. The number of carbonyl (C=O) groups excluding carboxylic acids is 1. The normalized spacial score (nSPS) is 14.8. The van der Waals surface area contributed by atoms with Crippen LogP contribution in [0, 0.1) is 5.92 Å². The highest BCUT2D eigenvalue weighted by Crippen LogP contribution is 2.27. The summed E-state index contributed by atoms with van der Waals surface area (Å²) >= 11 is 5.87. The van der Waals surface area contributed by atoms with E-state index in [1.54, 1.807) is 18.3 Å². The molecule has 0 aliphatic heterocycles. The number of amides is 1. The quantitative estimate of drug-likeness (QED) is 0.822. The number of aromatic nitrogens is 1. The summed E-state index contributed by atoms with van der Waals surface area (Å²) in [7, 11) is 0. The molecule has 0 bridgehead atoms. The highest BCUT2D eigenvalue weighted by atomic mass is 35.5. The number of hydrogen-bond donors (Lipinski definition) is 2. The highest BCUT2D eigenvalue weighted by Gasteiger charge is 2.20. The summed E-state index contributed by atoms with van der Waals surface area (Å²) in [5.41, 5.74) is 0. The lowest BCUT2D eigenvalue weighted by Crippen LogP contribution is -2.29. The molecule has 1 fully saturated rings. The van der Waals surface area contributed by atoms with Crippen molar-refractivity contribution in [1.82, 2.24) is 10.3 Å². The zero-order chi connectivity index (χ0) is 11.4. The van der Waals surface area contributed by atoms with Crippen LogP contribution >= 0.6 is 11.6 Å². The van der Waals surface area contributed by atoms with E-state index in [0.717, 1.165) is 12.5 Å². The summed E-state index contributed by atoms with van der Waals surface area (Å²) in [6.45, 7) is 1.23.